The number of fused-ring (bicyclic) bond motifs is 1. The first-order valence-electron chi connectivity index (χ1n) is 6.49. The number of carboxylic acid groups (broad SMARTS) is 1. The van der Waals surface area contributed by atoms with E-state index in [0.29, 0.717) is 10.6 Å². The normalized spacial score (nSPS) is 14.1. The SMILES string of the molecule is Cc1csc(Sc2nc3c(cc2C(=O)O)CCCC3)n1. The summed E-state index contributed by atoms with van der Waals surface area (Å²) in [5.41, 5.74) is 3.39. The van der Waals surface area contributed by atoms with Crippen molar-refractivity contribution in [3.05, 3.63) is 34.0 Å². The maximum Gasteiger partial charge on any atom is 0.338 e. The molecular formula is C14H14N2O2S2. The molecule has 0 atom stereocenters. The lowest BCUT2D eigenvalue weighted by atomic mass is 9.95. The minimum Gasteiger partial charge on any atom is -0.478 e. The summed E-state index contributed by atoms with van der Waals surface area (Å²) in [5, 5.41) is 11.9. The number of thiazole rings is 1. The molecule has 0 amide bonds. The Morgan fingerprint density at radius 3 is 2.85 bits per heavy atom. The summed E-state index contributed by atoms with van der Waals surface area (Å²) in [6.07, 6.45) is 4.13. The van der Waals surface area contributed by atoms with Gasteiger partial charge in [-0.05, 0) is 56.0 Å². The molecule has 0 aliphatic heterocycles. The Bertz CT molecular complexity index is 667. The largest absolute Gasteiger partial charge is 0.478 e. The molecule has 0 fully saturated rings. The third kappa shape index (κ3) is 2.71. The summed E-state index contributed by atoms with van der Waals surface area (Å²) >= 11 is 2.87. The molecule has 0 unspecified atom stereocenters. The van der Waals surface area contributed by atoms with E-state index in [1.807, 2.05) is 12.3 Å². The third-order valence-corrected chi connectivity index (χ3v) is 5.34. The lowest BCUT2D eigenvalue weighted by Gasteiger charge is -2.16. The Kier molecular flexibility index (Phi) is 3.76. The average molecular weight is 306 g/mol. The van der Waals surface area contributed by atoms with E-state index >= 15 is 0 Å². The molecule has 3 rings (SSSR count). The first-order valence-corrected chi connectivity index (χ1v) is 8.19. The predicted molar refractivity (Wildman–Crippen MR) is 78.8 cm³/mol. The van der Waals surface area contributed by atoms with Crippen molar-refractivity contribution in [3.63, 3.8) is 0 Å². The van der Waals surface area contributed by atoms with Gasteiger partial charge in [-0.25, -0.2) is 14.8 Å². The van der Waals surface area contributed by atoms with E-state index in [1.54, 1.807) is 6.07 Å². The van der Waals surface area contributed by atoms with Crippen LogP contribution in [0.1, 0.15) is 40.2 Å². The van der Waals surface area contributed by atoms with Gasteiger partial charge >= 0.3 is 5.97 Å². The van der Waals surface area contributed by atoms with Crippen molar-refractivity contribution in [3.8, 4) is 0 Å². The van der Waals surface area contributed by atoms with Crippen molar-refractivity contribution in [2.75, 3.05) is 0 Å². The number of rotatable bonds is 3. The molecule has 1 N–H and O–H groups in total. The lowest BCUT2D eigenvalue weighted by Crippen LogP contribution is -2.10. The number of hydrogen-bond acceptors (Lipinski definition) is 5. The Hall–Kier alpha value is -1.40. The minimum absolute atomic E-state index is 0.295. The fourth-order valence-corrected chi connectivity index (χ4v) is 4.17. The Morgan fingerprint density at radius 1 is 1.35 bits per heavy atom. The zero-order valence-electron chi connectivity index (χ0n) is 11.0. The van der Waals surface area contributed by atoms with Crippen LogP contribution in [0.4, 0.5) is 0 Å². The zero-order valence-corrected chi connectivity index (χ0v) is 12.7. The fraction of sp³-hybridized carbons (Fsp3) is 0.357. The van der Waals surface area contributed by atoms with Crippen LogP contribution in [-0.4, -0.2) is 21.0 Å². The molecular weight excluding hydrogens is 292 g/mol. The van der Waals surface area contributed by atoms with E-state index in [2.05, 4.69) is 9.97 Å². The van der Waals surface area contributed by atoms with Gasteiger partial charge in [0.25, 0.3) is 0 Å². The molecule has 0 bridgehead atoms. The molecule has 2 heterocycles. The number of pyridine rings is 1. The highest BCUT2D eigenvalue weighted by Crippen LogP contribution is 2.33. The fourth-order valence-electron chi connectivity index (χ4n) is 2.31. The number of aromatic nitrogens is 2. The topological polar surface area (TPSA) is 63.1 Å². The molecule has 1 aliphatic carbocycles. The average Bonchev–Trinajstić information content (AvgIpc) is 2.83. The van der Waals surface area contributed by atoms with E-state index < -0.39 is 5.97 Å². The van der Waals surface area contributed by atoms with E-state index in [4.69, 9.17) is 0 Å². The maximum atomic E-state index is 11.4. The molecule has 0 saturated carbocycles. The molecule has 0 radical (unpaired) electrons. The molecule has 104 valence electrons. The molecule has 2 aromatic heterocycles. The highest BCUT2D eigenvalue weighted by atomic mass is 32.2. The van der Waals surface area contributed by atoms with Gasteiger partial charge in [-0.2, -0.15) is 0 Å². The van der Waals surface area contributed by atoms with Gasteiger partial charge in [0.15, 0.2) is 4.34 Å². The van der Waals surface area contributed by atoms with Crippen LogP contribution in [0.3, 0.4) is 0 Å². The Balaban J connectivity index is 2.01. The van der Waals surface area contributed by atoms with Crippen LogP contribution in [0.2, 0.25) is 0 Å². The molecule has 2 aromatic rings. The van der Waals surface area contributed by atoms with E-state index in [-0.39, 0.29) is 0 Å². The molecule has 6 heteroatoms. The van der Waals surface area contributed by atoms with Gasteiger partial charge < -0.3 is 5.11 Å². The molecule has 4 nitrogen and oxygen atoms in total. The first-order chi connectivity index (χ1) is 9.63. The van der Waals surface area contributed by atoms with Crippen molar-refractivity contribution in [1.29, 1.82) is 0 Å². The van der Waals surface area contributed by atoms with Crippen LogP contribution < -0.4 is 0 Å². The van der Waals surface area contributed by atoms with E-state index in [0.717, 1.165) is 47.0 Å². The molecule has 0 aromatic carbocycles. The number of carboxylic acids is 1. The molecule has 0 spiro atoms. The van der Waals surface area contributed by atoms with Crippen LogP contribution in [0, 0.1) is 6.92 Å². The van der Waals surface area contributed by atoms with Crippen molar-refractivity contribution >= 4 is 29.1 Å². The summed E-state index contributed by atoms with van der Waals surface area (Å²) in [6, 6.07) is 1.80. The quantitative estimate of drug-likeness (QED) is 0.939. The zero-order chi connectivity index (χ0) is 14.1. The van der Waals surface area contributed by atoms with E-state index in [1.165, 1.54) is 23.1 Å². The van der Waals surface area contributed by atoms with Crippen molar-refractivity contribution in [1.82, 2.24) is 9.97 Å². The van der Waals surface area contributed by atoms with Crippen LogP contribution in [0.15, 0.2) is 20.8 Å². The van der Waals surface area contributed by atoms with Gasteiger partial charge in [0, 0.05) is 16.8 Å². The first kappa shape index (κ1) is 13.6. The van der Waals surface area contributed by atoms with Gasteiger partial charge in [0.2, 0.25) is 0 Å². The molecule has 20 heavy (non-hydrogen) atoms. The van der Waals surface area contributed by atoms with Crippen LogP contribution in [-0.2, 0) is 12.8 Å². The second-order valence-corrected chi connectivity index (χ2v) is 6.91. The summed E-state index contributed by atoms with van der Waals surface area (Å²) in [5.74, 6) is -0.915. The molecule has 0 saturated heterocycles. The maximum absolute atomic E-state index is 11.4. The number of nitrogens with zero attached hydrogens (tertiary/aromatic N) is 2. The van der Waals surface area contributed by atoms with Crippen LogP contribution >= 0.6 is 23.1 Å². The summed E-state index contributed by atoms with van der Waals surface area (Å²) < 4.78 is 0.841. The van der Waals surface area contributed by atoms with Gasteiger partial charge in [0.1, 0.15) is 5.03 Å². The lowest BCUT2D eigenvalue weighted by molar-refractivity contribution is 0.0692. The van der Waals surface area contributed by atoms with Gasteiger partial charge in [-0.1, -0.05) is 0 Å². The third-order valence-electron chi connectivity index (χ3n) is 3.28. The number of hydrogen-bond donors (Lipinski definition) is 1. The monoisotopic (exact) mass is 306 g/mol. The highest BCUT2D eigenvalue weighted by molar-refractivity contribution is 8.01. The van der Waals surface area contributed by atoms with Crippen molar-refractivity contribution in [2.45, 2.75) is 42.0 Å². The van der Waals surface area contributed by atoms with Gasteiger partial charge in [-0.15, -0.1) is 11.3 Å². The van der Waals surface area contributed by atoms with Crippen LogP contribution in [0.25, 0.3) is 0 Å². The van der Waals surface area contributed by atoms with Crippen LogP contribution in [0.5, 0.6) is 0 Å². The number of aromatic carboxylic acids is 1. The Morgan fingerprint density at radius 2 is 2.15 bits per heavy atom. The van der Waals surface area contributed by atoms with Crippen molar-refractivity contribution < 1.29 is 9.90 Å². The smallest absolute Gasteiger partial charge is 0.338 e. The standard InChI is InChI=1S/C14H14N2O2S2/c1-8-7-19-14(15-8)20-12-10(13(17)18)6-9-4-2-3-5-11(9)16-12/h6-7H,2-5H2,1H3,(H,17,18). The van der Waals surface area contributed by atoms with Crippen molar-refractivity contribution in [2.24, 2.45) is 0 Å². The minimum atomic E-state index is -0.915. The predicted octanol–water partition coefficient (Wildman–Crippen LogP) is 3.57. The van der Waals surface area contributed by atoms with Gasteiger partial charge in [-0.3, -0.25) is 0 Å². The number of carbonyl (C=O) groups is 1. The van der Waals surface area contributed by atoms with Gasteiger partial charge in [0.05, 0.1) is 5.56 Å². The van der Waals surface area contributed by atoms with E-state index in [9.17, 15) is 9.90 Å². The summed E-state index contributed by atoms with van der Waals surface area (Å²) in [6.45, 7) is 1.93. The molecule has 1 aliphatic rings. The summed E-state index contributed by atoms with van der Waals surface area (Å²) in [7, 11) is 0. The second-order valence-electron chi connectivity index (χ2n) is 4.82. The number of aryl methyl sites for hydroxylation is 3. The highest BCUT2D eigenvalue weighted by Gasteiger charge is 2.20. The second kappa shape index (κ2) is 5.54. The summed E-state index contributed by atoms with van der Waals surface area (Å²) in [4.78, 5) is 20.4. The Labute approximate surface area is 125 Å².